The topological polar surface area (TPSA) is 49.3 Å². The van der Waals surface area contributed by atoms with Crippen LogP contribution in [0.1, 0.15) is 25.8 Å². The minimum absolute atomic E-state index is 0.110. The van der Waals surface area contributed by atoms with E-state index in [9.17, 15) is 4.79 Å². The normalized spacial score (nSPS) is 11.8. The Morgan fingerprint density at radius 2 is 2.10 bits per heavy atom. The van der Waals surface area contributed by atoms with E-state index in [4.69, 9.17) is 28.3 Å². The van der Waals surface area contributed by atoms with E-state index in [0.29, 0.717) is 23.0 Å². The van der Waals surface area contributed by atoms with Crippen molar-refractivity contribution in [3.63, 3.8) is 0 Å². The van der Waals surface area contributed by atoms with Gasteiger partial charge in [0.05, 0.1) is 0 Å². The van der Waals surface area contributed by atoms with Gasteiger partial charge in [-0.3, -0.25) is 4.79 Å². The van der Waals surface area contributed by atoms with Crippen molar-refractivity contribution in [3.8, 4) is 0 Å². The molecule has 0 fully saturated rings. The zero-order valence-corrected chi connectivity index (χ0v) is 13.1. The summed E-state index contributed by atoms with van der Waals surface area (Å²) in [5.74, 6) is -0.193. The van der Waals surface area contributed by atoms with Crippen molar-refractivity contribution in [2.75, 3.05) is 13.2 Å². The highest BCUT2D eigenvalue weighted by molar-refractivity contribution is 6.35. The van der Waals surface area contributed by atoms with Crippen molar-refractivity contribution in [1.82, 2.24) is 5.32 Å². The zero-order valence-electron chi connectivity index (χ0n) is 11.6. The number of halogens is 2. The molecule has 20 heavy (non-hydrogen) atoms. The van der Waals surface area contributed by atoms with E-state index in [1.165, 1.54) is 6.08 Å². The molecule has 3 nitrogen and oxygen atoms in total. The van der Waals surface area contributed by atoms with Gasteiger partial charge in [0.1, 0.15) is 0 Å². The maximum absolute atomic E-state index is 11.7. The van der Waals surface area contributed by atoms with Crippen LogP contribution >= 0.6 is 23.2 Å². The summed E-state index contributed by atoms with van der Waals surface area (Å²) >= 11 is 11.8. The fourth-order valence-electron chi connectivity index (χ4n) is 1.58. The van der Waals surface area contributed by atoms with Gasteiger partial charge in [-0.2, -0.15) is 0 Å². The molecule has 1 aromatic rings. The van der Waals surface area contributed by atoms with Gasteiger partial charge in [0.15, 0.2) is 0 Å². The largest absolute Gasteiger partial charge is 0.396 e. The first-order valence-electron chi connectivity index (χ1n) is 6.36. The molecule has 0 heterocycles. The molecule has 0 aliphatic rings. The molecule has 0 bridgehead atoms. The van der Waals surface area contributed by atoms with Crippen LogP contribution in [0.5, 0.6) is 0 Å². The zero-order chi connectivity index (χ0) is 15.2. The summed E-state index contributed by atoms with van der Waals surface area (Å²) < 4.78 is 0. The fraction of sp³-hybridized carbons (Fsp3) is 0.400. The maximum atomic E-state index is 11.7. The van der Waals surface area contributed by atoms with Crippen molar-refractivity contribution >= 4 is 35.2 Å². The number of carbonyl (C=O) groups excluding carboxylic acids is 1. The SMILES string of the molecule is CC(C)(CCO)CNC(=O)/C=C/c1ccc(Cl)cc1Cl. The number of hydrogen-bond donors (Lipinski definition) is 2. The fourth-order valence-corrected chi connectivity index (χ4v) is 2.05. The van der Waals surface area contributed by atoms with Crippen LogP contribution in [-0.2, 0) is 4.79 Å². The molecular weight excluding hydrogens is 297 g/mol. The Hall–Kier alpha value is -1.03. The summed E-state index contributed by atoms with van der Waals surface area (Å²) in [7, 11) is 0. The van der Waals surface area contributed by atoms with Gasteiger partial charge < -0.3 is 10.4 Å². The van der Waals surface area contributed by atoms with E-state index in [1.54, 1.807) is 24.3 Å². The van der Waals surface area contributed by atoms with E-state index < -0.39 is 0 Å². The highest BCUT2D eigenvalue weighted by Gasteiger charge is 2.17. The molecule has 0 spiro atoms. The van der Waals surface area contributed by atoms with Gasteiger partial charge in [0.25, 0.3) is 0 Å². The molecule has 0 aromatic heterocycles. The van der Waals surface area contributed by atoms with Gasteiger partial charge in [-0.15, -0.1) is 0 Å². The molecule has 1 rings (SSSR count). The first-order chi connectivity index (χ1) is 9.34. The molecule has 0 unspecified atom stereocenters. The molecule has 1 amide bonds. The third-order valence-corrected chi connectivity index (χ3v) is 3.47. The third-order valence-electron chi connectivity index (χ3n) is 2.91. The Morgan fingerprint density at radius 1 is 1.40 bits per heavy atom. The lowest BCUT2D eigenvalue weighted by molar-refractivity contribution is -0.116. The van der Waals surface area contributed by atoms with Gasteiger partial charge in [0.2, 0.25) is 5.91 Å². The molecule has 5 heteroatoms. The van der Waals surface area contributed by atoms with Gasteiger partial charge >= 0.3 is 0 Å². The third kappa shape index (κ3) is 5.95. The molecule has 110 valence electrons. The molecule has 0 saturated carbocycles. The number of aliphatic hydroxyl groups excluding tert-OH is 1. The maximum Gasteiger partial charge on any atom is 0.244 e. The number of aliphatic hydroxyl groups is 1. The van der Waals surface area contributed by atoms with E-state index in [0.717, 1.165) is 5.56 Å². The van der Waals surface area contributed by atoms with Crippen LogP contribution in [0.2, 0.25) is 10.0 Å². The molecule has 0 saturated heterocycles. The van der Waals surface area contributed by atoms with Crippen molar-refractivity contribution in [3.05, 3.63) is 39.9 Å². The van der Waals surface area contributed by atoms with Crippen molar-refractivity contribution in [1.29, 1.82) is 0 Å². The number of benzene rings is 1. The average Bonchev–Trinajstić information content (AvgIpc) is 2.35. The molecule has 0 radical (unpaired) electrons. The van der Waals surface area contributed by atoms with Crippen molar-refractivity contribution < 1.29 is 9.90 Å². The Bertz CT molecular complexity index is 499. The van der Waals surface area contributed by atoms with Crippen LogP contribution in [0.3, 0.4) is 0 Å². The Kier molecular flexibility index (Phi) is 6.53. The Balaban J connectivity index is 2.56. The second kappa shape index (κ2) is 7.67. The number of carbonyl (C=O) groups is 1. The summed E-state index contributed by atoms with van der Waals surface area (Å²) in [5, 5.41) is 12.8. The smallest absolute Gasteiger partial charge is 0.244 e. The molecule has 2 N–H and O–H groups in total. The number of amides is 1. The number of hydrogen-bond acceptors (Lipinski definition) is 2. The van der Waals surface area contributed by atoms with Gasteiger partial charge in [-0.25, -0.2) is 0 Å². The van der Waals surface area contributed by atoms with Crippen LogP contribution in [0, 0.1) is 5.41 Å². The van der Waals surface area contributed by atoms with Crippen molar-refractivity contribution in [2.24, 2.45) is 5.41 Å². The van der Waals surface area contributed by atoms with Gasteiger partial charge in [0, 0.05) is 29.3 Å². The van der Waals surface area contributed by atoms with E-state index in [1.807, 2.05) is 13.8 Å². The highest BCUT2D eigenvalue weighted by atomic mass is 35.5. The standard InChI is InChI=1S/C15H19Cl2NO2/c1-15(2,7-8-19)10-18-14(20)6-4-11-3-5-12(16)9-13(11)17/h3-6,9,19H,7-8,10H2,1-2H3,(H,18,20)/b6-4+. The van der Waals surface area contributed by atoms with E-state index >= 15 is 0 Å². The monoisotopic (exact) mass is 315 g/mol. The first-order valence-corrected chi connectivity index (χ1v) is 7.11. The number of rotatable bonds is 6. The van der Waals surface area contributed by atoms with Crippen LogP contribution in [0.25, 0.3) is 6.08 Å². The van der Waals surface area contributed by atoms with Crippen LogP contribution < -0.4 is 5.32 Å². The summed E-state index contributed by atoms with van der Waals surface area (Å²) in [6.07, 6.45) is 3.72. The lowest BCUT2D eigenvalue weighted by Gasteiger charge is -2.23. The second-order valence-electron chi connectivity index (χ2n) is 5.35. The van der Waals surface area contributed by atoms with E-state index in [-0.39, 0.29) is 17.9 Å². The van der Waals surface area contributed by atoms with Crippen LogP contribution in [-0.4, -0.2) is 24.2 Å². The predicted octanol–water partition coefficient (Wildman–Crippen LogP) is 3.53. The van der Waals surface area contributed by atoms with Crippen molar-refractivity contribution in [2.45, 2.75) is 20.3 Å². The minimum atomic E-state index is -0.193. The quantitative estimate of drug-likeness (QED) is 0.789. The summed E-state index contributed by atoms with van der Waals surface area (Å²) in [6.45, 7) is 4.59. The number of nitrogens with one attached hydrogen (secondary N) is 1. The molecular formula is C15H19Cl2NO2. The second-order valence-corrected chi connectivity index (χ2v) is 6.20. The summed E-state index contributed by atoms with van der Waals surface area (Å²) in [4.78, 5) is 11.7. The predicted molar refractivity (Wildman–Crippen MR) is 84.0 cm³/mol. The van der Waals surface area contributed by atoms with Crippen LogP contribution in [0.15, 0.2) is 24.3 Å². The highest BCUT2D eigenvalue weighted by Crippen LogP contribution is 2.22. The Morgan fingerprint density at radius 3 is 2.70 bits per heavy atom. The van der Waals surface area contributed by atoms with E-state index in [2.05, 4.69) is 5.32 Å². The van der Waals surface area contributed by atoms with Gasteiger partial charge in [-0.05, 0) is 35.6 Å². The average molecular weight is 316 g/mol. The Labute approximate surface area is 129 Å². The minimum Gasteiger partial charge on any atom is -0.396 e. The summed E-state index contributed by atoms with van der Waals surface area (Å²) in [6, 6.07) is 5.10. The first kappa shape index (κ1) is 17.0. The molecule has 1 aromatic carbocycles. The lowest BCUT2D eigenvalue weighted by atomic mass is 9.90. The van der Waals surface area contributed by atoms with Gasteiger partial charge in [-0.1, -0.05) is 43.1 Å². The molecule has 0 aliphatic heterocycles. The molecule has 0 aliphatic carbocycles. The summed E-state index contributed by atoms with van der Waals surface area (Å²) in [5.41, 5.74) is 0.608. The molecule has 0 atom stereocenters. The van der Waals surface area contributed by atoms with Crippen LogP contribution in [0.4, 0.5) is 0 Å². The lowest BCUT2D eigenvalue weighted by Crippen LogP contribution is -2.33.